The van der Waals surface area contributed by atoms with E-state index in [-0.39, 0.29) is 6.29 Å². The number of alkyl halides is 3. The Morgan fingerprint density at radius 3 is 2.79 bits per heavy atom. The van der Waals surface area contributed by atoms with E-state index in [4.69, 9.17) is 9.47 Å². The van der Waals surface area contributed by atoms with Crippen LogP contribution in [-0.2, 0) is 9.47 Å². The van der Waals surface area contributed by atoms with E-state index in [0.29, 0.717) is 13.0 Å². The fourth-order valence-electron chi connectivity index (χ4n) is 1.92. The summed E-state index contributed by atoms with van der Waals surface area (Å²) in [6.45, 7) is 2.77. The maximum atomic E-state index is 12.7. The van der Waals surface area contributed by atoms with Crippen LogP contribution in [0.4, 0.5) is 8.78 Å². The minimum atomic E-state index is -3.15. The molecule has 19 heavy (non-hydrogen) atoms. The zero-order chi connectivity index (χ0) is 14.1. The van der Waals surface area contributed by atoms with Gasteiger partial charge < -0.3 is 9.47 Å². The van der Waals surface area contributed by atoms with Crippen LogP contribution in [0.3, 0.4) is 0 Å². The van der Waals surface area contributed by atoms with Gasteiger partial charge in [-0.2, -0.15) is 8.78 Å². The monoisotopic (exact) mass is 338 g/mol. The van der Waals surface area contributed by atoms with E-state index in [1.807, 2.05) is 5.92 Å². The average molecular weight is 339 g/mol. The molecule has 0 aromatic carbocycles. The number of unbranched alkanes of at least 4 members (excludes halogenated alkanes) is 2. The Morgan fingerprint density at radius 2 is 2.21 bits per heavy atom. The average Bonchev–Trinajstić information content (AvgIpc) is 2.36. The highest BCUT2D eigenvalue weighted by atomic mass is 79.9. The molecule has 110 valence electrons. The van der Waals surface area contributed by atoms with Crippen molar-refractivity contribution in [3.8, 4) is 11.8 Å². The highest BCUT2D eigenvalue weighted by molar-refractivity contribution is 9.10. The standard InChI is InChI=1S/C14H21BrF2O2/c1-2-3-4-7-12(9-10-14(15,16)17)19-13-8-5-6-11-18-13/h12-13H,2-8,11H2,1H3. The van der Waals surface area contributed by atoms with Gasteiger partial charge in [-0.25, -0.2) is 0 Å². The summed E-state index contributed by atoms with van der Waals surface area (Å²) in [5.74, 6) is 4.41. The van der Waals surface area contributed by atoms with Gasteiger partial charge in [0.1, 0.15) is 6.10 Å². The van der Waals surface area contributed by atoms with Crippen molar-refractivity contribution in [2.24, 2.45) is 0 Å². The van der Waals surface area contributed by atoms with Crippen molar-refractivity contribution < 1.29 is 18.3 Å². The Kier molecular flexibility index (Phi) is 7.89. The number of hydrogen-bond donors (Lipinski definition) is 0. The molecule has 0 aliphatic carbocycles. The van der Waals surface area contributed by atoms with Crippen LogP contribution in [0.1, 0.15) is 51.9 Å². The Morgan fingerprint density at radius 1 is 1.42 bits per heavy atom. The third kappa shape index (κ3) is 8.56. The van der Waals surface area contributed by atoms with Gasteiger partial charge in [0, 0.05) is 22.5 Å². The first kappa shape index (κ1) is 16.9. The third-order valence-electron chi connectivity index (χ3n) is 2.90. The number of halogens is 3. The lowest BCUT2D eigenvalue weighted by Crippen LogP contribution is -2.27. The Hall–Kier alpha value is -0.180. The molecule has 0 N–H and O–H groups in total. The lowest BCUT2D eigenvalue weighted by Gasteiger charge is -2.25. The summed E-state index contributed by atoms with van der Waals surface area (Å²) in [7, 11) is 0. The van der Waals surface area contributed by atoms with Crippen molar-refractivity contribution in [1.29, 1.82) is 0 Å². The van der Waals surface area contributed by atoms with E-state index in [1.54, 1.807) is 0 Å². The van der Waals surface area contributed by atoms with Crippen LogP contribution < -0.4 is 0 Å². The quantitative estimate of drug-likeness (QED) is 0.404. The van der Waals surface area contributed by atoms with Crippen LogP contribution in [0, 0.1) is 11.8 Å². The highest BCUT2D eigenvalue weighted by Gasteiger charge is 2.22. The molecule has 0 radical (unpaired) electrons. The van der Waals surface area contributed by atoms with Gasteiger partial charge >= 0.3 is 4.83 Å². The van der Waals surface area contributed by atoms with Crippen LogP contribution >= 0.6 is 15.9 Å². The molecule has 0 amide bonds. The van der Waals surface area contributed by atoms with E-state index >= 15 is 0 Å². The minimum Gasteiger partial charge on any atom is -0.353 e. The molecule has 1 saturated heterocycles. The van der Waals surface area contributed by atoms with Crippen LogP contribution in [0.2, 0.25) is 0 Å². The summed E-state index contributed by atoms with van der Waals surface area (Å²) in [5, 5.41) is 0. The normalized spacial score (nSPS) is 21.6. The maximum Gasteiger partial charge on any atom is 0.363 e. The molecule has 0 spiro atoms. The summed E-state index contributed by atoms with van der Waals surface area (Å²) >= 11 is 2.22. The molecular formula is C14H21BrF2O2. The summed E-state index contributed by atoms with van der Waals surface area (Å²) in [4.78, 5) is -3.15. The van der Waals surface area contributed by atoms with E-state index in [1.165, 1.54) is 0 Å². The lowest BCUT2D eigenvalue weighted by molar-refractivity contribution is -0.177. The molecule has 0 saturated carbocycles. The summed E-state index contributed by atoms with van der Waals surface area (Å²) in [5.41, 5.74) is 0. The predicted molar refractivity (Wildman–Crippen MR) is 74.3 cm³/mol. The maximum absolute atomic E-state index is 12.7. The van der Waals surface area contributed by atoms with Crippen molar-refractivity contribution >= 4 is 15.9 Å². The number of ether oxygens (including phenoxy) is 2. The van der Waals surface area contributed by atoms with Crippen molar-refractivity contribution in [2.75, 3.05) is 6.61 Å². The first-order valence-electron chi connectivity index (χ1n) is 6.88. The number of rotatable bonds is 6. The molecule has 1 aliphatic heterocycles. The van der Waals surface area contributed by atoms with Gasteiger partial charge in [0.15, 0.2) is 6.29 Å². The van der Waals surface area contributed by atoms with Gasteiger partial charge in [-0.15, -0.1) is 0 Å². The largest absolute Gasteiger partial charge is 0.363 e. The van der Waals surface area contributed by atoms with E-state index < -0.39 is 10.9 Å². The summed E-state index contributed by atoms with van der Waals surface area (Å²) in [6, 6.07) is 0. The van der Waals surface area contributed by atoms with Crippen LogP contribution in [0.5, 0.6) is 0 Å². The van der Waals surface area contributed by atoms with Crippen molar-refractivity contribution in [1.82, 2.24) is 0 Å². The second-order valence-corrected chi connectivity index (χ2v) is 5.68. The van der Waals surface area contributed by atoms with Gasteiger partial charge in [0.2, 0.25) is 0 Å². The van der Waals surface area contributed by atoms with Gasteiger partial charge in [-0.1, -0.05) is 25.7 Å². The molecule has 0 aromatic heterocycles. The smallest absolute Gasteiger partial charge is 0.353 e. The summed E-state index contributed by atoms with van der Waals surface area (Å²) in [6.07, 6.45) is 5.86. The third-order valence-corrected chi connectivity index (χ3v) is 3.10. The SMILES string of the molecule is CCCCCC(C#CC(F)(F)Br)OC1CCCCO1. The molecule has 0 aromatic rings. The van der Waals surface area contributed by atoms with E-state index in [9.17, 15) is 8.78 Å². The van der Waals surface area contributed by atoms with E-state index in [2.05, 4.69) is 28.8 Å². The van der Waals surface area contributed by atoms with Crippen molar-refractivity contribution in [2.45, 2.75) is 69.1 Å². The molecule has 2 nitrogen and oxygen atoms in total. The van der Waals surface area contributed by atoms with E-state index in [0.717, 1.165) is 38.5 Å². The molecule has 1 fully saturated rings. The zero-order valence-corrected chi connectivity index (χ0v) is 12.8. The predicted octanol–water partition coefficient (Wildman–Crippen LogP) is 4.47. The van der Waals surface area contributed by atoms with Crippen LogP contribution in [-0.4, -0.2) is 23.8 Å². The summed E-state index contributed by atoms with van der Waals surface area (Å²) < 4.78 is 36.6. The Bertz CT molecular complexity index is 301. The Labute approximate surface area is 122 Å². The molecule has 5 heteroatoms. The first-order valence-corrected chi connectivity index (χ1v) is 7.67. The molecular weight excluding hydrogens is 318 g/mol. The Balaban J connectivity index is 2.49. The van der Waals surface area contributed by atoms with Gasteiger partial charge in [-0.3, -0.25) is 0 Å². The topological polar surface area (TPSA) is 18.5 Å². The minimum absolute atomic E-state index is 0.293. The fraction of sp³-hybridized carbons (Fsp3) is 0.857. The molecule has 1 heterocycles. The molecule has 2 atom stereocenters. The van der Waals surface area contributed by atoms with Crippen LogP contribution in [0.25, 0.3) is 0 Å². The molecule has 1 aliphatic rings. The fourth-order valence-corrected chi connectivity index (χ4v) is 2.03. The molecule has 1 rings (SSSR count). The van der Waals surface area contributed by atoms with Crippen LogP contribution in [0.15, 0.2) is 0 Å². The molecule has 2 unspecified atom stereocenters. The molecule has 0 bridgehead atoms. The van der Waals surface area contributed by atoms with Crippen molar-refractivity contribution in [3.05, 3.63) is 0 Å². The van der Waals surface area contributed by atoms with Crippen molar-refractivity contribution in [3.63, 3.8) is 0 Å². The first-order chi connectivity index (χ1) is 9.01. The van der Waals surface area contributed by atoms with Gasteiger partial charge in [0.05, 0.1) is 0 Å². The lowest BCUT2D eigenvalue weighted by atomic mass is 10.1. The van der Waals surface area contributed by atoms with Gasteiger partial charge in [0.25, 0.3) is 0 Å². The van der Waals surface area contributed by atoms with Gasteiger partial charge in [-0.05, 0) is 38.0 Å². The highest BCUT2D eigenvalue weighted by Crippen LogP contribution is 2.21. The second kappa shape index (κ2) is 8.89. The number of hydrogen-bond acceptors (Lipinski definition) is 2. The zero-order valence-electron chi connectivity index (χ0n) is 11.3. The second-order valence-electron chi connectivity index (χ2n) is 4.68.